The van der Waals surface area contributed by atoms with Crippen molar-refractivity contribution in [1.82, 2.24) is 9.80 Å². The zero-order chi connectivity index (χ0) is 14.3. The van der Waals surface area contributed by atoms with Crippen LogP contribution in [0.5, 0.6) is 0 Å². The second-order valence-corrected chi connectivity index (χ2v) is 5.67. The molecule has 1 amide bonds. The van der Waals surface area contributed by atoms with Gasteiger partial charge in [-0.25, -0.2) is 0 Å². The highest BCUT2D eigenvalue weighted by Gasteiger charge is 2.25. The molecular weight excluding hydrogens is 240 g/mol. The van der Waals surface area contributed by atoms with Crippen LogP contribution in [0, 0.1) is 5.92 Å². The number of carbonyl (C=O) groups is 1. The molecule has 1 aliphatic rings. The van der Waals surface area contributed by atoms with E-state index in [1.165, 1.54) is 12.8 Å². The summed E-state index contributed by atoms with van der Waals surface area (Å²) in [6.45, 7) is 7.57. The molecule has 0 aromatic carbocycles. The first-order valence-corrected chi connectivity index (χ1v) is 7.28. The van der Waals surface area contributed by atoms with Crippen LogP contribution in [-0.4, -0.2) is 60.1 Å². The molecule has 0 aromatic rings. The van der Waals surface area contributed by atoms with Gasteiger partial charge < -0.3 is 10.0 Å². The number of amides is 1. The molecule has 0 aliphatic heterocycles. The van der Waals surface area contributed by atoms with Crippen LogP contribution in [0.4, 0.5) is 0 Å². The van der Waals surface area contributed by atoms with E-state index in [-0.39, 0.29) is 12.5 Å². The average molecular weight is 268 g/mol. The Morgan fingerprint density at radius 1 is 1.37 bits per heavy atom. The molecule has 0 spiro atoms. The lowest BCUT2D eigenvalue weighted by atomic mass is 9.87. The molecule has 1 fully saturated rings. The van der Waals surface area contributed by atoms with Crippen molar-refractivity contribution >= 4 is 5.91 Å². The zero-order valence-electron chi connectivity index (χ0n) is 12.3. The summed E-state index contributed by atoms with van der Waals surface area (Å²) >= 11 is 0. The SMILES string of the molecule is C=CCN(CCO)CC(=O)N(C)C1CCC(C)CC1. The van der Waals surface area contributed by atoms with Crippen LogP contribution < -0.4 is 0 Å². The number of carbonyl (C=O) groups excluding carboxylic acids is 1. The second-order valence-electron chi connectivity index (χ2n) is 5.67. The fraction of sp³-hybridized carbons (Fsp3) is 0.800. The first kappa shape index (κ1) is 16.2. The molecule has 1 aliphatic carbocycles. The summed E-state index contributed by atoms with van der Waals surface area (Å²) in [7, 11) is 1.91. The Balaban J connectivity index is 2.44. The average Bonchev–Trinajstić information content (AvgIpc) is 2.39. The number of likely N-dealkylation sites (N-methyl/N-ethyl adjacent to an activating group) is 1. The van der Waals surface area contributed by atoms with E-state index in [1.807, 2.05) is 16.8 Å². The van der Waals surface area contributed by atoms with Crippen molar-refractivity contribution < 1.29 is 9.90 Å². The molecule has 1 saturated carbocycles. The van der Waals surface area contributed by atoms with E-state index in [1.54, 1.807) is 6.08 Å². The number of aliphatic hydroxyl groups is 1. The summed E-state index contributed by atoms with van der Waals surface area (Å²) < 4.78 is 0. The summed E-state index contributed by atoms with van der Waals surface area (Å²) in [5.74, 6) is 0.946. The Morgan fingerprint density at radius 3 is 2.53 bits per heavy atom. The minimum absolute atomic E-state index is 0.0752. The molecular formula is C15H28N2O2. The lowest BCUT2D eigenvalue weighted by Crippen LogP contribution is -2.45. The minimum Gasteiger partial charge on any atom is -0.395 e. The summed E-state index contributed by atoms with van der Waals surface area (Å²) in [5, 5.41) is 8.99. The zero-order valence-corrected chi connectivity index (χ0v) is 12.3. The predicted molar refractivity (Wildman–Crippen MR) is 77.9 cm³/mol. The van der Waals surface area contributed by atoms with Crippen LogP contribution in [0.25, 0.3) is 0 Å². The normalized spacial score (nSPS) is 23.4. The minimum atomic E-state index is 0.0752. The molecule has 1 rings (SSSR count). The van der Waals surface area contributed by atoms with Gasteiger partial charge in [0.05, 0.1) is 13.2 Å². The third-order valence-electron chi connectivity index (χ3n) is 4.09. The Morgan fingerprint density at radius 2 is 2.00 bits per heavy atom. The molecule has 0 radical (unpaired) electrons. The van der Waals surface area contributed by atoms with Crippen molar-refractivity contribution in [2.45, 2.75) is 38.6 Å². The standard InChI is InChI=1S/C15H28N2O2/c1-4-9-17(10-11-18)12-15(19)16(3)14-7-5-13(2)6-8-14/h4,13-14,18H,1,5-12H2,2-3H3. The van der Waals surface area contributed by atoms with Gasteiger partial charge >= 0.3 is 0 Å². The number of hydrogen-bond donors (Lipinski definition) is 1. The third kappa shape index (κ3) is 5.33. The first-order valence-electron chi connectivity index (χ1n) is 7.28. The van der Waals surface area contributed by atoms with Crippen LogP contribution in [0.2, 0.25) is 0 Å². The van der Waals surface area contributed by atoms with Gasteiger partial charge in [-0.05, 0) is 31.6 Å². The number of aliphatic hydroxyl groups excluding tert-OH is 1. The molecule has 0 aromatic heterocycles. The number of nitrogens with zero attached hydrogens (tertiary/aromatic N) is 2. The van der Waals surface area contributed by atoms with E-state index in [4.69, 9.17) is 5.11 Å². The fourth-order valence-electron chi connectivity index (χ4n) is 2.70. The van der Waals surface area contributed by atoms with Crippen LogP contribution in [0.15, 0.2) is 12.7 Å². The van der Waals surface area contributed by atoms with E-state index in [2.05, 4.69) is 13.5 Å². The molecule has 110 valence electrons. The maximum absolute atomic E-state index is 12.3. The van der Waals surface area contributed by atoms with Crippen molar-refractivity contribution in [3.63, 3.8) is 0 Å². The van der Waals surface area contributed by atoms with Crippen LogP contribution in [0.1, 0.15) is 32.6 Å². The lowest BCUT2D eigenvalue weighted by molar-refractivity contribution is -0.133. The first-order chi connectivity index (χ1) is 9.08. The summed E-state index contributed by atoms with van der Waals surface area (Å²) in [6, 6.07) is 0.392. The van der Waals surface area contributed by atoms with Gasteiger partial charge in [0.1, 0.15) is 0 Å². The highest BCUT2D eigenvalue weighted by atomic mass is 16.3. The van der Waals surface area contributed by atoms with Gasteiger partial charge in [-0.1, -0.05) is 13.0 Å². The molecule has 19 heavy (non-hydrogen) atoms. The van der Waals surface area contributed by atoms with E-state index in [9.17, 15) is 4.79 Å². The second kappa shape index (κ2) is 8.33. The third-order valence-corrected chi connectivity index (χ3v) is 4.09. The monoisotopic (exact) mass is 268 g/mol. The molecule has 1 N–H and O–H groups in total. The predicted octanol–water partition coefficient (Wildman–Crippen LogP) is 1.50. The largest absolute Gasteiger partial charge is 0.395 e. The van der Waals surface area contributed by atoms with E-state index in [0.717, 1.165) is 18.8 Å². The lowest BCUT2D eigenvalue weighted by Gasteiger charge is -2.34. The van der Waals surface area contributed by atoms with Crippen LogP contribution >= 0.6 is 0 Å². The van der Waals surface area contributed by atoms with Gasteiger partial charge in [-0.2, -0.15) is 0 Å². The van der Waals surface area contributed by atoms with Crippen molar-refractivity contribution in [3.05, 3.63) is 12.7 Å². The number of hydrogen-bond acceptors (Lipinski definition) is 3. The van der Waals surface area contributed by atoms with Crippen LogP contribution in [0.3, 0.4) is 0 Å². The quantitative estimate of drug-likeness (QED) is 0.712. The van der Waals surface area contributed by atoms with Gasteiger partial charge in [0.2, 0.25) is 5.91 Å². The molecule has 0 heterocycles. The Kier molecular flexibility index (Phi) is 7.10. The molecule has 4 heteroatoms. The number of rotatable bonds is 7. The van der Waals surface area contributed by atoms with Crippen molar-refractivity contribution in [1.29, 1.82) is 0 Å². The molecule has 0 unspecified atom stereocenters. The Hall–Kier alpha value is -0.870. The highest BCUT2D eigenvalue weighted by Crippen LogP contribution is 2.26. The van der Waals surface area contributed by atoms with Crippen molar-refractivity contribution in [3.8, 4) is 0 Å². The van der Waals surface area contributed by atoms with Crippen LogP contribution in [-0.2, 0) is 4.79 Å². The fourth-order valence-corrected chi connectivity index (χ4v) is 2.70. The van der Waals surface area contributed by atoms with E-state index in [0.29, 0.717) is 25.7 Å². The van der Waals surface area contributed by atoms with E-state index < -0.39 is 0 Å². The summed E-state index contributed by atoms with van der Waals surface area (Å²) in [5.41, 5.74) is 0. The maximum Gasteiger partial charge on any atom is 0.236 e. The summed E-state index contributed by atoms with van der Waals surface area (Å²) in [4.78, 5) is 16.1. The van der Waals surface area contributed by atoms with Gasteiger partial charge in [-0.15, -0.1) is 6.58 Å². The molecule has 0 bridgehead atoms. The van der Waals surface area contributed by atoms with Gasteiger partial charge in [0, 0.05) is 26.2 Å². The molecule has 0 atom stereocenters. The maximum atomic E-state index is 12.3. The summed E-state index contributed by atoms with van der Waals surface area (Å²) in [6.07, 6.45) is 6.44. The highest BCUT2D eigenvalue weighted by molar-refractivity contribution is 5.78. The van der Waals surface area contributed by atoms with Crippen molar-refractivity contribution in [2.24, 2.45) is 5.92 Å². The topological polar surface area (TPSA) is 43.8 Å². The Labute approximate surface area is 117 Å². The van der Waals surface area contributed by atoms with E-state index >= 15 is 0 Å². The Bertz CT molecular complexity index is 286. The van der Waals surface area contributed by atoms with Gasteiger partial charge in [0.15, 0.2) is 0 Å². The molecule has 4 nitrogen and oxygen atoms in total. The van der Waals surface area contributed by atoms with Gasteiger partial charge in [0.25, 0.3) is 0 Å². The molecule has 0 saturated heterocycles. The van der Waals surface area contributed by atoms with Gasteiger partial charge in [-0.3, -0.25) is 9.69 Å². The smallest absolute Gasteiger partial charge is 0.236 e. The van der Waals surface area contributed by atoms with Crippen molar-refractivity contribution in [2.75, 3.05) is 33.3 Å².